The maximum Gasteiger partial charge on any atom is 0.149 e. The van der Waals surface area contributed by atoms with Gasteiger partial charge < -0.3 is 0 Å². The van der Waals surface area contributed by atoms with Gasteiger partial charge in [0.15, 0.2) is 0 Å². The Morgan fingerprint density at radius 3 is 2.80 bits per heavy atom. The van der Waals surface area contributed by atoms with Crippen LogP contribution in [-0.2, 0) is 9.59 Å². The number of likely N-dealkylation sites (tertiary alicyclic amines) is 1. The minimum atomic E-state index is 0.100. The van der Waals surface area contributed by atoms with E-state index in [9.17, 15) is 9.59 Å². The molecular formula is C12H21NO2. The van der Waals surface area contributed by atoms with Crippen LogP contribution in [0.5, 0.6) is 0 Å². The van der Waals surface area contributed by atoms with E-state index in [4.69, 9.17) is 0 Å². The number of rotatable bonds is 4. The highest BCUT2D eigenvalue weighted by molar-refractivity contribution is 5.84. The molecule has 0 N–H and O–H groups in total. The lowest BCUT2D eigenvalue weighted by molar-refractivity contribution is -0.129. The molecule has 0 spiro atoms. The average molecular weight is 211 g/mol. The Kier molecular flexibility index (Phi) is 4.45. The number of carbonyl (C=O) groups is 2. The molecule has 0 radical (unpaired) electrons. The molecule has 1 rings (SSSR count). The van der Waals surface area contributed by atoms with Crippen molar-refractivity contribution in [1.82, 2.24) is 4.90 Å². The summed E-state index contributed by atoms with van der Waals surface area (Å²) in [4.78, 5) is 25.1. The first-order valence-electron chi connectivity index (χ1n) is 5.82. The predicted molar refractivity (Wildman–Crippen MR) is 59.7 cm³/mol. The summed E-state index contributed by atoms with van der Waals surface area (Å²) in [6.07, 6.45) is 1.51. The van der Waals surface area contributed by atoms with Crippen LogP contribution in [0.1, 0.15) is 33.6 Å². The summed E-state index contributed by atoms with van der Waals surface area (Å²) in [6.45, 7) is 7.98. The van der Waals surface area contributed by atoms with Gasteiger partial charge in [0.05, 0.1) is 6.54 Å². The number of hydrogen-bond donors (Lipinski definition) is 0. The van der Waals surface area contributed by atoms with E-state index in [0.29, 0.717) is 24.5 Å². The van der Waals surface area contributed by atoms with Gasteiger partial charge >= 0.3 is 0 Å². The first-order valence-corrected chi connectivity index (χ1v) is 5.82. The highest BCUT2D eigenvalue weighted by atomic mass is 16.1. The van der Waals surface area contributed by atoms with E-state index in [2.05, 4.69) is 4.90 Å². The fraction of sp³-hybridized carbons (Fsp3) is 0.833. The van der Waals surface area contributed by atoms with Crippen molar-refractivity contribution in [2.24, 2.45) is 11.8 Å². The number of ketones is 2. The van der Waals surface area contributed by atoms with Gasteiger partial charge in [-0.2, -0.15) is 0 Å². The lowest BCUT2D eigenvalue weighted by Gasteiger charge is -2.29. The molecule has 1 aliphatic heterocycles. The number of hydrogen-bond acceptors (Lipinski definition) is 3. The third-order valence-corrected chi connectivity index (χ3v) is 3.30. The Hall–Kier alpha value is -0.700. The molecule has 1 saturated heterocycles. The molecule has 0 saturated carbocycles. The number of carbonyl (C=O) groups excluding carboxylic acids is 2. The maximum absolute atomic E-state index is 11.7. The van der Waals surface area contributed by atoms with Gasteiger partial charge in [-0.25, -0.2) is 0 Å². The lowest BCUT2D eigenvalue weighted by Crippen LogP contribution is -2.43. The van der Waals surface area contributed by atoms with Crippen molar-refractivity contribution >= 4 is 11.6 Å². The van der Waals surface area contributed by atoms with Crippen molar-refractivity contribution in [2.75, 3.05) is 19.6 Å². The molecule has 0 bridgehead atoms. The van der Waals surface area contributed by atoms with Crippen molar-refractivity contribution in [1.29, 1.82) is 0 Å². The summed E-state index contributed by atoms with van der Waals surface area (Å²) in [6, 6.07) is 0. The van der Waals surface area contributed by atoms with Gasteiger partial charge in [-0.05, 0) is 6.42 Å². The van der Waals surface area contributed by atoms with Crippen molar-refractivity contribution < 1.29 is 9.59 Å². The zero-order chi connectivity index (χ0) is 11.4. The van der Waals surface area contributed by atoms with Crippen molar-refractivity contribution in [3.63, 3.8) is 0 Å². The molecule has 0 amide bonds. The van der Waals surface area contributed by atoms with Gasteiger partial charge in [-0.15, -0.1) is 0 Å². The van der Waals surface area contributed by atoms with E-state index in [1.165, 1.54) is 0 Å². The maximum atomic E-state index is 11.7. The summed E-state index contributed by atoms with van der Waals surface area (Å²) in [5, 5.41) is 0. The molecule has 15 heavy (non-hydrogen) atoms. The fourth-order valence-corrected chi connectivity index (χ4v) is 1.84. The average Bonchev–Trinajstić information content (AvgIpc) is 2.22. The van der Waals surface area contributed by atoms with Crippen LogP contribution in [-0.4, -0.2) is 36.1 Å². The summed E-state index contributed by atoms with van der Waals surface area (Å²) < 4.78 is 0. The van der Waals surface area contributed by atoms with Crippen LogP contribution in [0.4, 0.5) is 0 Å². The van der Waals surface area contributed by atoms with E-state index in [1.54, 1.807) is 0 Å². The van der Waals surface area contributed by atoms with E-state index >= 15 is 0 Å². The smallest absolute Gasteiger partial charge is 0.149 e. The van der Waals surface area contributed by atoms with Crippen molar-refractivity contribution in [3.05, 3.63) is 0 Å². The number of Topliss-reactive ketones (excluding diaryl/α,β-unsaturated/α-hetero) is 2. The second-order valence-corrected chi connectivity index (χ2v) is 4.63. The molecule has 3 nitrogen and oxygen atoms in total. The molecule has 0 aliphatic carbocycles. The first kappa shape index (κ1) is 12.4. The van der Waals surface area contributed by atoms with Gasteiger partial charge in [0, 0.05) is 31.3 Å². The summed E-state index contributed by atoms with van der Waals surface area (Å²) >= 11 is 0. The largest absolute Gasteiger partial charge is 0.299 e. The minimum Gasteiger partial charge on any atom is -0.299 e. The molecule has 0 aromatic rings. The van der Waals surface area contributed by atoms with Crippen LogP contribution in [0.2, 0.25) is 0 Å². The fourth-order valence-electron chi connectivity index (χ4n) is 1.84. The SMILES string of the molecule is CCC(C)C(=O)CN1CCC(=O)C(C)C1. The van der Waals surface area contributed by atoms with Crippen LogP contribution in [0.3, 0.4) is 0 Å². The Morgan fingerprint density at radius 1 is 1.60 bits per heavy atom. The van der Waals surface area contributed by atoms with Crippen LogP contribution in [0.25, 0.3) is 0 Å². The third-order valence-electron chi connectivity index (χ3n) is 3.30. The number of nitrogens with zero attached hydrogens (tertiary/aromatic N) is 1. The van der Waals surface area contributed by atoms with Crippen LogP contribution < -0.4 is 0 Å². The molecule has 3 heteroatoms. The number of piperidine rings is 1. The lowest BCUT2D eigenvalue weighted by atomic mass is 9.97. The molecule has 86 valence electrons. The highest BCUT2D eigenvalue weighted by Gasteiger charge is 2.25. The quantitative estimate of drug-likeness (QED) is 0.707. The van der Waals surface area contributed by atoms with E-state index in [-0.39, 0.29) is 11.8 Å². The molecule has 2 unspecified atom stereocenters. The first-order chi connectivity index (χ1) is 7.04. The minimum absolute atomic E-state index is 0.100. The molecule has 1 fully saturated rings. The molecule has 2 atom stereocenters. The monoisotopic (exact) mass is 211 g/mol. The Bertz CT molecular complexity index is 250. The highest BCUT2D eigenvalue weighted by Crippen LogP contribution is 2.13. The van der Waals surface area contributed by atoms with Gasteiger partial charge in [-0.1, -0.05) is 20.8 Å². The van der Waals surface area contributed by atoms with E-state index in [0.717, 1.165) is 19.5 Å². The molecule has 1 aliphatic rings. The standard InChI is InChI=1S/C12H21NO2/c1-4-9(2)12(15)8-13-6-5-11(14)10(3)7-13/h9-10H,4-8H2,1-3H3. The van der Waals surface area contributed by atoms with Gasteiger partial charge in [-0.3, -0.25) is 14.5 Å². The van der Waals surface area contributed by atoms with Crippen LogP contribution in [0, 0.1) is 11.8 Å². The van der Waals surface area contributed by atoms with Gasteiger partial charge in [0.2, 0.25) is 0 Å². The molecule has 1 heterocycles. The van der Waals surface area contributed by atoms with Crippen LogP contribution in [0.15, 0.2) is 0 Å². The van der Waals surface area contributed by atoms with E-state index in [1.807, 2.05) is 20.8 Å². The second kappa shape index (κ2) is 5.40. The van der Waals surface area contributed by atoms with Gasteiger partial charge in [0.1, 0.15) is 11.6 Å². The Labute approximate surface area is 91.8 Å². The van der Waals surface area contributed by atoms with E-state index < -0.39 is 0 Å². The van der Waals surface area contributed by atoms with Crippen molar-refractivity contribution in [2.45, 2.75) is 33.6 Å². The summed E-state index contributed by atoms with van der Waals surface area (Å²) in [7, 11) is 0. The topological polar surface area (TPSA) is 37.4 Å². The predicted octanol–water partition coefficient (Wildman–Crippen LogP) is 1.51. The Balaban J connectivity index is 2.40. The van der Waals surface area contributed by atoms with Crippen molar-refractivity contribution in [3.8, 4) is 0 Å². The normalized spacial score (nSPS) is 25.3. The zero-order valence-corrected chi connectivity index (χ0v) is 9.95. The van der Waals surface area contributed by atoms with Gasteiger partial charge in [0.25, 0.3) is 0 Å². The molecule has 0 aromatic heterocycles. The van der Waals surface area contributed by atoms with Crippen LogP contribution >= 0.6 is 0 Å². The zero-order valence-electron chi connectivity index (χ0n) is 9.95. The Morgan fingerprint density at radius 2 is 2.27 bits per heavy atom. The molecule has 0 aromatic carbocycles. The summed E-state index contributed by atoms with van der Waals surface area (Å²) in [5.41, 5.74) is 0. The summed E-state index contributed by atoms with van der Waals surface area (Å²) in [5.74, 6) is 0.891. The second-order valence-electron chi connectivity index (χ2n) is 4.63. The molecular weight excluding hydrogens is 190 g/mol. The third kappa shape index (κ3) is 3.42.